The second-order valence-electron chi connectivity index (χ2n) is 5.32. The number of aromatic amines is 1. The van der Waals surface area contributed by atoms with Gasteiger partial charge in [0.2, 0.25) is 0 Å². The summed E-state index contributed by atoms with van der Waals surface area (Å²) in [5, 5.41) is 5.78. The van der Waals surface area contributed by atoms with Crippen molar-refractivity contribution < 1.29 is 8.91 Å². The normalized spacial score (nSPS) is 22.9. The predicted molar refractivity (Wildman–Crippen MR) is 73.2 cm³/mol. The van der Waals surface area contributed by atoms with Crippen molar-refractivity contribution in [2.24, 2.45) is 0 Å². The minimum Gasteiger partial charge on any atom is -0.383 e. The average molecular weight is 276 g/mol. The summed E-state index contributed by atoms with van der Waals surface area (Å²) in [6.45, 7) is 0.875. The van der Waals surface area contributed by atoms with Crippen LogP contribution in [0.15, 0.2) is 39.6 Å². The molecule has 1 saturated heterocycles. The van der Waals surface area contributed by atoms with Crippen molar-refractivity contribution in [3.63, 3.8) is 0 Å². The molecule has 1 fully saturated rings. The highest BCUT2D eigenvalue weighted by Gasteiger charge is 2.25. The van der Waals surface area contributed by atoms with E-state index in [9.17, 15) is 9.18 Å². The fraction of sp³-hybridized carbons (Fsp3) is 0.400. The Hall–Kier alpha value is -1.88. The van der Waals surface area contributed by atoms with Crippen LogP contribution in [-0.4, -0.2) is 17.7 Å². The Balaban J connectivity index is 1.67. The molecule has 2 N–H and O–H groups in total. The lowest BCUT2D eigenvalue weighted by atomic mass is 9.87. The molecule has 106 valence electrons. The van der Waals surface area contributed by atoms with Gasteiger partial charge >= 0.3 is 0 Å². The van der Waals surface area contributed by atoms with Gasteiger partial charge in [-0.25, -0.2) is 4.39 Å². The maximum atomic E-state index is 13.2. The van der Waals surface area contributed by atoms with Gasteiger partial charge in [0, 0.05) is 18.0 Å². The first-order valence-electron chi connectivity index (χ1n) is 6.87. The van der Waals surface area contributed by atoms with Crippen LogP contribution in [-0.2, 0) is 6.42 Å². The van der Waals surface area contributed by atoms with Gasteiger partial charge in [-0.1, -0.05) is 12.1 Å². The van der Waals surface area contributed by atoms with Crippen LogP contribution < -0.4 is 10.9 Å². The summed E-state index contributed by atoms with van der Waals surface area (Å²) in [5.41, 5.74) is 0.791. The van der Waals surface area contributed by atoms with Gasteiger partial charge in [0.05, 0.1) is 0 Å². The van der Waals surface area contributed by atoms with Crippen LogP contribution >= 0.6 is 0 Å². The molecule has 1 aliphatic heterocycles. The zero-order valence-corrected chi connectivity index (χ0v) is 11.1. The summed E-state index contributed by atoms with van der Waals surface area (Å²) in [6, 6.07) is 8.49. The fourth-order valence-electron chi connectivity index (χ4n) is 2.87. The molecule has 0 aliphatic carbocycles. The molecule has 1 aliphatic rings. The topological polar surface area (TPSA) is 58.0 Å². The molecule has 0 bridgehead atoms. The Morgan fingerprint density at radius 1 is 1.35 bits per heavy atom. The van der Waals surface area contributed by atoms with Gasteiger partial charge < -0.3 is 9.84 Å². The summed E-state index contributed by atoms with van der Waals surface area (Å²) in [5.74, 6) is 0.765. The molecule has 2 atom stereocenters. The Kier molecular flexibility index (Phi) is 3.69. The number of nitrogens with one attached hydrogen (secondary N) is 2. The van der Waals surface area contributed by atoms with Gasteiger partial charge in [0.25, 0.3) is 5.56 Å². The third-order valence-electron chi connectivity index (χ3n) is 3.81. The van der Waals surface area contributed by atoms with E-state index >= 15 is 0 Å². The van der Waals surface area contributed by atoms with Crippen molar-refractivity contribution in [1.82, 2.24) is 10.5 Å². The Morgan fingerprint density at radius 3 is 3.00 bits per heavy atom. The number of halogens is 1. The van der Waals surface area contributed by atoms with Crippen molar-refractivity contribution in [1.29, 1.82) is 0 Å². The van der Waals surface area contributed by atoms with E-state index in [2.05, 4.69) is 10.5 Å². The summed E-state index contributed by atoms with van der Waals surface area (Å²) >= 11 is 0. The molecule has 20 heavy (non-hydrogen) atoms. The second-order valence-corrected chi connectivity index (χ2v) is 5.32. The molecule has 0 saturated carbocycles. The Labute approximate surface area is 116 Å². The molecule has 5 heteroatoms. The van der Waals surface area contributed by atoms with Crippen molar-refractivity contribution in [3.8, 4) is 0 Å². The minimum absolute atomic E-state index is 0.194. The van der Waals surface area contributed by atoms with Gasteiger partial charge in [0.1, 0.15) is 11.6 Å². The maximum Gasteiger partial charge on any atom is 0.280 e. The third kappa shape index (κ3) is 2.99. The van der Waals surface area contributed by atoms with Gasteiger partial charge in [-0.2, -0.15) is 5.16 Å². The molecule has 1 aromatic carbocycles. The Morgan fingerprint density at radius 2 is 2.25 bits per heavy atom. The first-order chi connectivity index (χ1) is 9.70. The van der Waals surface area contributed by atoms with Crippen LogP contribution in [0.4, 0.5) is 4.39 Å². The van der Waals surface area contributed by atoms with E-state index in [0.29, 0.717) is 0 Å². The highest BCUT2D eigenvalue weighted by atomic mass is 19.1. The largest absolute Gasteiger partial charge is 0.383 e. The second kappa shape index (κ2) is 5.63. The smallest absolute Gasteiger partial charge is 0.280 e. The number of piperidine rings is 1. The number of aromatic nitrogens is 1. The van der Waals surface area contributed by atoms with Gasteiger partial charge in [-0.05, 0) is 43.5 Å². The molecule has 4 nitrogen and oxygen atoms in total. The van der Waals surface area contributed by atoms with Crippen LogP contribution in [0.2, 0.25) is 0 Å². The van der Waals surface area contributed by atoms with Crippen LogP contribution in [0, 0.1) is 5.82 Å². The van der Waals surface area contributed by atoms with Gasteiger partial charge in [0.15, 0.2) is 0 Å². The zero-order chi connectivity index (χ0) is 13.9. The van der Waals surface area contributed by atoms with E-state index in [-0.39, 0.29) is 23.3 Å². The molecule has 0 radical (unpaired) electrons. The number of rotatable bonds is 3. The van der Waals surface area contributed by atoms with E-state index in [4.69, 9.17) is 4.52 Å². The molecular formula is C15H17FN2O2. The maximum absolute atomic E-state index is 13.2. The van der Waals surface area contributed by atoms with E-state index in [1.54, 1.807) is 12.1 Å². The first kappa shape index (κ1) is 13.1. The lowest BCUT2D eigenvalue weighted by molar-refractivity contribution is 0.292. The number of H-pyrrole nitrogens is 1. The lowest BCUT2D eigenvalue weighted by Gasteiger charge is -2.29. The highest BCUT2D eigenvalue weighted by molar-refractivity contribution is 5.18. The molecule has 2 heterocycles. The van der Waals surface area contributed by atoms with Gasteiger partial charge in [-0.3, -0.25) is 4.79 Å². The highest BCUT2D eigenvalue weighted by Crippen LogP contribution is 2.27. The van der Waals surface area contributed by atoms with Crippen LogP contribution in [0.25, 0.3) is 0 Å². The van der Waals surface area contributed by atoms with E-state index in [1.807, 2.05) is 6.07 Å². The van der Waals surface area contributed by atoms with Crippen molar-refractivity contribution in [2.75, 3.05) is 6.54 Å². The molecule has 3 rings (SSSR count). The average Bonchev–Trinajstić information content (AvgIpc) is 2.86. The standard InChI is InChI=1S/C15H17FN2O2/c16-12-3-1-2-10(6-12)7-13-8-11(4-5-17-13)14-9-15(19)18-20-14/h1-3,6,9,11,13,17H,4-5,7-8H2,(H,18,19)/t11-,13-/m0/s1. The summed E-state index contributed by atoms with van der Waals surface area (Å²) in [7, 11) is 0. The number of hydrogen-bond acceptors (Lipinski definition) is 3. The van der Waals surface area contributed by atoms with Crippen molar-refractivity contribution in [3.05, 3.63) is 57.8 Å². The lowest BCUT2D eigenvalue weighted by Crippen LogP contribution is -2.38. The number of hydrogen-bond donors (Lipinski definition) is 2. The van der Waals surface area contributed by atoms with E-state index in [0.717, 1.165) is 37.1 Å². The SMILES string of the molecule is O=c1cc([C@H]2CCN[C@@H](Cc3cccc(F)c3)C2)o[nH]1. The quantitative estimate of drug-likeness (QED) is 0.903. The zero-order valence-electron chi connectivity index (χ0n) is 11.1. The summed E-state index contributed by atoms with van der Waals surface area (Å²) in [6.07, 6.45) is 2.61. The van der Waals surface area contributed by atoms with Crippen LogP contribution in [0.1, 0.15) is 30.1 Å². The monoisotopic (exact) mass is 276 g/mol. The van der Waals surface area contributed by atoms with Crippen LogP contribution in [0.3, 0.4) is 0 Å². The van der Waals surface area contributed by atoms with Gasteiger partial charge in [-0.15, -0.1) is 0 Å². The first-order valence-corrected chi connectivity index (χ1v) is 6.87. The minimum atomic E-state index is -0.202. The predicted octanol–water partition coefficient (Wildman–Crippen LogP) is 2.19. The molecule has 2 aromatic rings. The molecule has 0 unspecified atom stereocenters. The summed E-state index contributed by atoms with van der Waals surface area (Å²) in [4.78, 5) is 11.1. The molecule has 0 amide bonds. The van der Waals surface area contributed by atoms with E-state index in [1.165, 1.54) is 12.1 Å². The molecule has 0 spiro atoms. The van der Waals surface area contributed by atoms with Crippen molar-refractivity contribution in [2.45, 2.75) is 31.2 Å². The molecule has 1 aromatic heterocycles. The van der Waals surface area contributed by atoms with Crippen molar-refractivity contribution >= 4 is 0 Å². The summed E-state index contributed by atoms with van der Waals surface area (Å²) < 4.78 is 18.4. The third-order valence-corrected chi connectivity index (χ3v) is 3.81. The van der Waals surface area contributed by atoms with E-state index < -0.39 is 0 Å². The Bertz CT molecular complexity index is 635. The number of benzene rings is 1. The molecular weight excluding hydrogens is 259 g/mol. The van der Waals surface area contributed by atoms with Crippen LogP contribution in [0.5, 0.6) is 0 Å². The fourth-order valence-corrected chi connectivity index (χ4v) is 2.87.